The molecule has 2 rings (SSSR count). The number of hydrogen-bond acceptors (Lipinski definition) is 4. The summed E-state index contributed by atoms with van der Waals surface area (Å²) < 4.78 is 0. The highest BCUT2D eigenvalue weighted by Gasteiger charge is 2.16. The van der Waals surface area contributed by atoms with Crippen molar-refractivity contribution in [3.63, 3.8) is 0 Å². The van der Waals surface area contributed by atoms with Gasteiger partial charge in [-0.1, -0.05) is 36.4 Å². The van der Waals surface area contributed by atoms with Gasteiger partial charge < -0.3 is 16.3 Å². The molecule has 7 heteroatoms. The normalized spacial score (nSPS) is 11.3. The molecule has 0 fully saturated rings. The summed E-state index contributed by atoms with van der Waals surface area (Å²) in [6, 6.07) is 11.5. The Morgan fingerprint density at radius 3 is 2.43 bits per heavy atom. The van der Waals surface area contributed by atoms with Crippen LogP contribution in [-0.4, -0.2) is 34.4 Å². The Bertz CT molecular complexity index is 724. The molecule has 0 saturated heterocycles. The van der Waals surface area contributed by atoms with Gasteiger partial charge in [-0.3, -0.25) is 19.7 Å². The predicted octanol–water partition coefficient (Wildman–Crippen LogP) is 0.464. The minimum atomic E-state index is -1.17. The van der Waals surface area contributed by atoms with Gasteiger partial charge in [0.25, 0.3) is 5.91 Å². The second kappa shape index (κ2) is 8.02. The van der Waals surface area contributed by atoms with Crippen LogP contribution < -0.4 is 11.1 Å². The molecule has 0 heterocycles. The molecule has 1 atom stereocenters. The topological polar surface area (TPSA) is 141 Å². The molecule has 2 amide bonds. The van der Waals surface area contributed by atoms with Crippen LogP contribution in [0.2, 0.25) is 0 Å². The van der Waals surface area contributed by atoms with Gasteiger partial charge in [-0.05, 0) is 23.3 Å². The summed E-state index contributed by atoms with van der Waals surface area (Å²) in [6.07, 6.45) is -0.145. The lowest BCUT2D eigenvalue weighted by Gasteiger charge is -2.08. The van der Waals surface area contributed by atoms with Crippen molar-refractivity contribution in [1.29, 1.82) is 0 Å². The third-order valence-electron chi connectivity index (χ3n) is 3.29. The van der Waals surface area contributed by atoms with E-state index in [1.165, 1.54) is 0 Å². The molecule has 6 N–H and O–H groups in total. The summed E-state index contributed by atoms with van der Waals surface area (Å²) in [4.78, 5) is 34.5. The van der Waals surface area contributed by atoms with Gasteiger partial charge in [-0.2, -0.15) is 0 Å². The number of carbonyl (C=O) groups is 3. The highest BCUT2D eigenvalue weighted by molar-refractivity contribution is 6.12. The van der Waals surface area contributed by atoms with E-state index in [-0.39, 0.29) is 18.3 Å². The number of carbonyl (C=O) groups excluding carboxylic acids is 2. The number of carboxylic acids is 1. The number of nitrogens with two attached hydrogens (primary N) is 1. The Morgan fingerprint density at radius 2 is 1.74 bits per heavy atom. The molecule has 0 aliphatic carbocycles. The lowest BCUT2D eigenvalue weighted by molar-refractivity contribution is -0.138. The fourth-order valence-corrected chi connectivity index (χ4v) is 2.09. The van der Waals surface area contributed by atoms with E-state index < -0.39 is 23.8 Å². The zero-order valence-corrected chi connectivity index (χ0v) is 12.3. The number of fused-ring (bicyclic) bond motifs is 1. The van der Waals surface area contributed by atoms with E-state index in [4.69, 9.17) is 10.8 Å². The minimum Gasteiger partial charge on any atom is -0.480 e. The molecule has 1 unspecified atom stereocenters. The molecule has 2 aromatic rings. The summed E-state index contributed by atoms with van der Waals surface area (Å²) in [5.74, 6) is -2.23. The molecule has 7 nitrogen and oxygen atoms in total. The zero-order chi connectivity index (χ0) is 16.1. The highest BCUT2D eigenvalue weighted by Crippen LogP contribution is 2.18. The Kier molecular flexibility index (Phi) is 6.37. The summed E-state index contributed by atoms with van der Waals surface area (Å²) in [7, 11) is 0. The highest BCUT2D eigenvalue weighted by atomic mass is 16.4. The van der Waals surface area contributed by atoms with Crippen molar-refractivity contribution in [3.05, 3.63) is 48.0 Å². The van der Waals surface area contributed by atoms with Gasteiger partial charge >= 0.3 is 5.97 Å². The van der Waals surface area contributed by atoms with Crippen LogP contribution in [-0.2, 0) is 9.59 Å². The van der Waals surface area contributed by atoms with Crippen molar-refractivity contribution in [3.8, 4) is 0 Å². The van der Waals surface area contributed by atoms with Gasteiger partial charge in [-0.15, -0.1) is 0 Å². The molecule has 0 aliphatic heterocycles. The second-order valence-corrected chi connectivity index (χ2v) is 4.89. The quantitative estimate of drug-likeness (QED) is 0.734. The first kappa shape index (κ1) is 18.3. The Balaban J connectivity index is 0.00000264. The van der Waals surface area contributed by atoms with Crippen molar-refractivity contribution in [2.24, 2.45) is 5.73 Å². The number of rotatable bonds is 5. The Labute approximate surface area is 132 Å². The summed E-state index contributed by atoms with van der Waals surface area (Å²) in [5, 5.41) is 12.6. The van der Waals surface area contributed by atoms with Crippen LogP contribution in [0.1, 0.15) is 23.2 Å². The molecular weight excluding hydrogens is 300 g/mol. The molecule has 23 heavy (non-hydrogen) atoms. The monoisotopic (exact) mass is 318 g/mol. The molecule has 0 radical (unpaired) electrons. The van der Waals surface area contributed by atoms with Gasteiger partial charge in [0.2, 0.25) is 5.91 Å². The van der Waals surface area contributed by atoms with Crippen molar-refractivity contribution >= 4 is 28.6 Å². The lowest BCUT2D eigenvalue weighted by atomic mass is 10.0. The number of hydrogen-bond donors (Lipinski definition) is 3. The molecule has 2 aromatic carbocycles. The predicted molar refractivity (Wildman–Crippen MR) is 84.9 cm³/mol. The maximum atomic E-state index is 12.2. The first-order valence-electron chi connectivity index (χ1n) is 6.79. The van der Waals surface area contributed by atoms with Crippen molar-refractivity contribution in [1.82, 2.24) is 5.32 Å². The van der Waals surface area contributed by atoms with E-state index in [1.54, 1.807) is 18.2 Å². The van der Waals surface area contributed by atoms with Gasteiger partial charge in [-0.25, -0.2) is 0 Å². The smallest absolute Gasteiger partial charge is 0.320 e. The average molecular weight is 318 g/mol. The minimum absolute atomic E-state index is 0. The van der Waals surface area contributed by atoms with Crippen LogP contribution in [0.25, 0.3) is 10.8 Å². The van der Waals surface area contributed by atoms with Gasteiger partial charge in [0, 0.05) is 12.0 Å². The number of benzene rings is 2. The van der Waals surface area contributed by atoms with E-state index in [2.05, 4.69) is 5.32 Å². The van der Waals surface area contributed by atoms with Crippen LogP contribution in [0.3, 0.4) is 0 Å². The Hall–Kier alpha value is -2.77. The maximum absolute atomic E-state index is 12.2. The van der Waals surface area contributed by atoms with Crippen LogP contribution >= 0.6 is 0 Å². The summed E-state index contributed by atoms with van der Waals surface area (Å²) in [5.41, 5.74) is 5.71. The SMILES string of the molecule is NC(CCC(=O)NC(=O)c1cccc2ccccc12)C(=O)O.O. The number of carboxylic acid groups (broad SMARTS) is 1. The van der Waals surface area contributed by atoms with Gasteiger partial charge in [0.15, 0.2) is 0 Å². The Morgan fingerprint density at radius 1 is 1.09 bits per heavy atom. The van der Waals surface area contributed by atoms with Gasteiger partial charge in [0.1, 0.15) is 6.04 Å². The van der Waals surface area contributed by atoms with E-state index >= 15 is 0 Å². The molecular formula is C16H18N2O5. The fourth-order valence-electron chi connectivity index (χ4n) is 2.09. The summed E-state index contributed by atoms with van der Waals surface area (Å²) in [6.45, 7) is 0. The number of imide groups is 1. The summed E-state index contributed by atoms with van der Waals surface area (Å²) >= 11 is 0. The molecule has 0 spiro atoms. The van der Waals surface area contributed by atoms with Crippen LogP contribution in [0.5, 0.6) is 0 Å². The fraction of sp³-hybridized carbons (Fsp3) is 0.188. The number of aliphatic carboxylic acids is 1. The van der Waals surface area contributed by atoms with Crippen LogP contribution in [0.4, 0.5) is 0 Å². The average Bonchev–Trinajstić information content (AvgIpc) is 2.51. The zero-order valence-electron chi connectivity index (χ0n) is 12.3. The van der Waals surface area contributed by atoms with Crippen LogP contribution in [0, 0.1) is 0 Å². The maximum Gasteiger partial charge on any atom is 0.320 e. The van der Waals surface area contributed by atoms with E-state index in [0.29, 0.717) is 5.56 Å². The standard InChI is InChI=1S/C16H16N2O4.H2O/c17-13(16(21)22)8-9-14(19)18-15(20)12-7-3-5-10-4-1-2-6-11(10)12;/h1-7,13H,8-9,17H2,(H,21,22)(H,18,19,20);1H2. The molecule has 0 saturated carbocycles. The third-order valence-corrected chi connectivity index (χ3v) is 3.29. The van der Waals surface area contributed by atoms with Crippen molar-refractivity contribution in [2.75, 3.05) is 0 Å². The molecule has 0 aliphatic rings. The van der Waals surface area contributed by atoms with E-state index in [9.17, 15) is 14.4 Å². The lowest BCUT2D eigenvalue weighted by Crippen LogP contribution is -2.34. The third kappa shape index (κ3) is 4.60. The van der Waals surface area contributed by atoms with Crippen molar-refractivity contribution in [2.45, 2.75) is 18.9 Å². The molecule has 0 aromatic heterocycles. The van der Waals surface area contributed by atoms with E-state index in [1.807, 2.05) is 24.3 Å². The largest absolute Gasteiger partial charge is 0.480 e. The van der Waals surface area contributed by atoms with Crippen molar-refractivity contribution < 1.29 is 25.0 Å². The second-order valence-electron chi connectivity index (χ2n) is 4.89. The molecule has 122 valence electrons. The van der Waals surface area contributed by atoms with Gasteiger partial charge in [0.05, 0.1) is 0 Å². The first-order chi connectivity index (χ1) is 10.5. The van der Waals surface area contributed by atoms with E-state index in [0.717, 1.165) is 10.8 Å². The van der Waals surface area contributed by atoms with Crippen LogP contribution in [0.15, 0.2) is 42.5 Å². The first-order valence-corrected chi connectivity index (χ1v) is 6.79. The molecule has 0 bridgehead atoms. The number of amides is 2. The number of nitrogens with one attached hydrogen (secondary N) is 1.